The van der Waals surface area contributed by atoms with Crippen LogP contribution in [0.2, 0.25) is 0 Å². The predicted octanol–water partition coefficient (Wildman–Crippen LogP) is 33.3. The number of nitrogens with zero attached hydrogens (tertiary/aromatic N) is 8. The van der Waals surface area contributed by atoms with Crippen molar-refractivity contribution >= 4 is 132 Å². The lowest BCUT2D eigenvalue weighted by atomic mass is 9.92. The van der Waals surface area contributed by atoms with Crippen LogP contribution in [0.25, 0.3) is 234 Å². The van der Waals surface area contributed by atoms with Crippen LogP contribution in [0.1, 0.15) is 72.9 Å². The van der Waals surface area contributed by atoms with Crippen LogP contribution < -0.4 is 18.3 Å². The lowest BCUT2D eigenvalue weighted by molar-refractivity contribution is -0.634. The Bertz CT molecular complexity index is 9950. The molecule has 0 aliphatic rings. The number of fused-ring (bicyclic) bond motifs is 16. The molecule has 0 unspecified atom stereocenters. The smallest absolute Gasteiger partial charge is 0.295 e. The highest BCUT2D eigenvalue weighted by atomic mass is 19.1. The number of hydrogen-bond donors (Lipinski definition) is 0. The van der Waals surface area contributed by atoms with E-state index in [1.165, 1.54) is 75.9 Å². The van der Waals surface area contributed by atoms with Gasteiger partial charge in [0.1, 0.15) is 96.5 Å². The first-order valence-corrected chi connectivity index (χ1v) is 50.2. The van der Waals surface area contributed by atoms with Gasteiger partial charge in [-0.2, -0.15) is 18.3 Å². The van der Waals surface area contributed by atoms with Crippen molar-refractivity contribution in [3.8, 4) is 102 Å². The summed E-state index contributed by atoms with van der Waals surface area (Å²) in [7, 11) is 8.43. The molecule has 0 saturated carbocycles. The molecule has 0 saturated heterocycles. The summed E-state index contributed by atoms with van der Waals surface area (Å²) in [5.74, 6) is 2.77. The second kappa shape index (κ2) is 37.5. The zero-order valence-corrected chi connectivity index (χ0v) is 84.3. The van der Waals surface area contributed by atoms with Gasteiger partial charge in [-0.15, -0.1) is 0 Å². The molecule has 0 bridgehead atoms. The highest BCUT2D eigenvalue weighted by molar-refractivity contribution is 6.11. The average Bonchev–Trinajstić information content (AvgIpc) is 1.57. The summed E-state index contributed by atoms with van der Waals surface area (Å²) in [4.78, 5) is 0. The minimum atomic E-state index is -0.651. The Hall–Kier alpha value is -18.1. The topological polar surface area (TPSA) is 87.8 Å². The van der Waals surface area contributed by atoms with Crippen molar-refractivity contribution in [1.82, 2.24) is 18.3 Å². The summed E-state index contributed by atoms with van der Waals surface area (Å²) >= 11 is 0. The second-order valence-electron chi connectivity index (χ2n) is 39.3. The van der Waals surface area contributed by atoms with Crippen molar-refractivity contribution in [2.75, 3.05) is 0 Å². The summed E-state index contributed by atoms with van der Waals surface area (Å²) in [5, 5.41) is 6.60. The number of hydrogen-bond acceptors (Lipinski definition) is 4. The first kappa shape index (κ1) is 93.3. The zero-order valence-electron chi connectivity index (χ0n) is 84.3. The summed E-state index contributed by atoms with van der Waals surface area (Å²) < 4.78 is 113. The highest BCUT2D eigenvalue weighted by Gasteiger charge is 2.38. The Morgan fingerprint density at radius 3 is 0.933 bits per heavy atom. The van der Waals surface area contributed by atoms with Gasteiger partial charge in [-0.3, -0.25) is 0 Å². The van der Waals surface area contributed by atoms with E-state index in [1.807, 2.05) is 74.6 Å². The molecule has 12 nitrogen and oxygen atoms in total. The molecule has 17 heteroatoms. The van der Waals surface area contributed by atoms with E-state index >= 15 is 0 Å². The number of halogens is 5. The standard InChI is InChI=1S/C39H28FN2O.C33H24FN2O.C33H32FN2O.C27H19F2N2O/c1-25-22-36-33(31-21-20-28(40)23-37(31)43-36)24-32(25)39-41(2)34-18-9-10-19-35(34)42(39)38-29(26-12-5-3-6-13-26)16-11-17-30(38)27-14-7-4-8-15-27;1-21-18-31-27(25-17-16-23(34)19-32(25)37-31)20-26(21)33-35(2)29-14-8-9-15-30(29)36(33)28-13-7-6-12-24(28)22-10-4-3-5-11-22;1-19(2)23-10-9-11-24(20(3)4)32(23)36-29-13-8-7-12-28(29)35(6)33(36)26-18-27-25-15-14-22(34)17-31(25)37-30(27)16-21(26)5;1-16-12-24-20(26-21(29)13-17(28)14-25(26)32-24)15-19(16)27-30(2)22-10-6-7-11-23(22)31(27)18-8-4-3-5-9-18/h3-24H,1-2H3;3-20H,1-2H3;7-20H,1-6H3;3-15H,1-2H3/q4*+1. The Morgan fingerprint density at radius 1 is 0.228 bits per heavy atom. The zero-order chi connectivity index (χ0) is 102. The molecule has 19 aromatic carbocycles. The molecule has 726 valence electrons. The molecule has 149 heavy (non-hydrogen) atoms. The van der Waals surface area contributed by atoms with Crippen molar-refractivity contribution in [1.29, 1.82) is 0 Å². The van der Waals surface area contributed by atoms with Gasteiger partial charge in [-0.05, 0) is 230 Å². The van der Waals surface area contributed by atoms with Crippen molar-refractivity contribution in [2.45, 2.75) is 67.2 Å². The van der Waals surface area contributed by atoms with E-state index in [4.69, 9.17) is 17.7 Å². The summed E-state index contributed by atoms with van der Waals surface area (Å²) in [6.45, 7) is 17.4. The van der Waals surface area contributed by atoms with E-state index in [-0.39, 0.29) is 23.0 Å². The summed E-state index contributed by atoms with van der Waals surface area (Å²) in [6, 6.07) is 131. The van der Waals surface area contributed by atoms with Gasteiger partial charge in [0.2, 0.25) is 0 Å². The fraction of sp³-hybridized carbons (Fsp3) is 0.106. The normalized spacial score (nSPS) is 11.8. The van der Waals surface area contributed by atoms with Crippen molar-refractivity contribution < 1.29 is 57.9 Å². The number of imidazole rings is 4. The Morgan fingerprint density at radius 2 is 0.523 bits per heavy atom. The largest absolute Gasteiger partial charge is 0.456 e. The molecule has 0 amide bonds. The average molecular weight is 1960 g/mol. The lowest BCUT2D eigenvalue weighted by Crippen LogP contribution is -2.30. The highest BCUT2D eigenvalue weighted by Crippen LogP contribution is 2.48. The Kier molecular flexibility index (Phi) is 23.5. The van der Waals surface area contributed by atoms with E-state index in [9.17, 15) is 22.0 Å². The molecule has 27 rings (SSSR count). The number of rotatable bonds is 13. The molecule has 0 fully saturated rings. The number of benzene rings is 19. The molecule has 8 aromatic heterocycles. The fourth-order valence-electron chi connectivity index (χ4n) is 22.4. The van der Waals surface area contributed by atoms with Gasteiger partial charge >= 0.3 is 0 Å². The van der Waals surface area contributed by atoms with E-state index in [1.54, 1.807) is 6.07 Å². The monoisotopic (exact) mass is 1960 g/mol. The molecule has 0 N–H and O–H groups in total. The molecule has 0 spiro atoms. The third-order valence-corrected chi connectivity index (χ3v) is 29.4. The van der Waals surface area contributed by atoms with Crippen LogP contribution >= 0.6 is 0 Å². The fourth-order valence-corrected chi connectivity index (χ4v) is 22.4. The van der Waals surface area contributed by atoms with E-state index in [0.717, 1.165) is 201 Å². The van der Waals surface area contributed by atoms with E-state index in [2.05, 4.69) is 385 Å². The molecule has 0 aliphatic heterocycles. The first-order chi connectivity index (χ1) is 72.5. The third-order valence-electron chi connectivity index (χ3n) is 29.4. The molecule has 0 radical (unpaired) electrons. The first-order valence-electron chi connectivity index (χ1n) is 50.2. The van der Waals surface area contributed by atoms with Crippen LogP contribution in [0.4, 0.5) is 22.0 Å². The number of aromatic nitrogens is 8. The minimum absolute atomic E-state index is 0.210. The molecule has 27 aromatic rings. The van der Waals surface area contributed by atoms with E-state index < -0.39 is 11.6 Å². The van der Waals surface area contributed by atoms with Crippen LogP contribution in [0.3, 0.4) is 0 Å². The van der Waals surface area contributed by atoms with Gasteiger partial charge < -0.3 is 17.7 Å². The number of aryl methyl sites for hydroxylation is 8. The molecular formula is C132H103F5N8O4+4. The van der Waals surface area contributed by atoms with Gasteiger partial charge in [0, 0.05) is 95.9 Å². The van der Waals surface area contributed by atoms with Crippen LogP contribution in [0.15, 0.2) is 412 Å². The molecule has 0 aliphatic carbocycles. The SMILES string of the molecule is Cc1cc2oc3cc(F)cc(F)c3c2cc1-c1n(-c2ccccc2)c2ccccc2[n+]1C.Cc1cc2oc3cc(F)ccc3c2cc1-c1n(-c2c(-c3ccccc3)cccc2-c2ccccc2)c2ccccc2[n+]1C.Cc1cc2oc3cc(F)ccc3c2cc1-c1n(-c2c(C(C)C)cccc2C(C)C)c2ccccc2[n+]1C.Cc1cc2oc3cc(F)ccc3c2cc1-c1n(-c2ccccc2-c2ccccc2)c2ccccc2[n+]1C. The molecular weight excluding hydrogens is 1860 g/mol. The predicted molar refractivity (Wildman–Crippen MR) is 592 cm³/mol. The minimum Gasteiger partial charge on any atom is -0.456 e. The van der Waals surface area contributed by atoms with Crippen LogP contribution in [0.5, 0.6) is 0 Å². The van der Waals surface area contributed by atoms with Gasteiger partial charge in [-0.25, -0.2) is 40.2 Å². The van der Waals surface area contributed by atoms with Crippen LogP contribution in [-0.4, -0.2) is 18.3 Å². The lowest BCUT2D eigenvalue weighted by Gasteiger charge is -2.18. The van der Waals surface area contributed by atoms with Crippen LogP contribution in [0, 0.1) is 56.8 Å². The number of para-hydroxylation sites is 12. The van der Waals surface area contributed by atoms with Gasteiger partial charge in [0.25, 0.3) is 23.3 Å². The van der Waals surface area contributed by atoms with Crippen molar-refractivity contribution in [3.05, 3.63) is 457 Å². The van der Waals surface area contributed by atoms with Crippen molar-refractivity contribution in [2.24, 2.45) is 28.2 Å². The maximum atomic E-state index is 14.7. The Balaban J connectivity index is 0.000000106. The maximum absolute atomic E-state index is 14.7. The van der Waals surface area contributed by atoms with Crippen molar-refractivity contribution in [3.63, 3.8) is 0 Å². The van der Waals surface area contributed by atoms with Gasteiger partial charge in [0.05, 0.1) is 55.8 Å². The third kappa shape index (κ3) is 16.0. The van der Waals surface area contributed by atoms with Crippen LogP contribution in [-0.2, 0) is 28.2 Å². The molecule has 0 atom stereocenters. The maximum Gasteiger partial charge on any atom is 0.295 e. The Labute approximate surface area is 856 Å². The summed E-state index contributed by atoms with van der Waals surface area (Å²) in [5.41, 5.74) is 36.3. The number of furan rings is 4. The van der Waals surface area contributed by atoms with E-state index in [0.29, 0.717) is 44.9 Å². The molecule has 8 heterocycles. The van der Waals surface area contributed by atoms with Gasteiger partial charge in [0.15, 0.2) is 44.1 Å². The summed E-state index contributed by atoms with van der Waals surface area (Å²) in [6.07, 6.45) is 0. The second-order valence-corrected chi connectivity index (χ2v) is 39.3. The quantitative estimate of drug-likeness (QED) is 0.0850. The van der Waals surface area contributed by atoms with Gasteiger partial charge in [-0.1, -0.05) is 240 Å².